The van der Waals surface area contributed by atoms with E-state index >= 15 is 0 Å². The van der Waals surface area contributed by atoms with E-state index < -0.39 is 0 Å². The van der Waals surface area contributed by atoms with Gasteiger partial charge in [-0.15, -0.1) is 0 Å². The van der Waals surface area contributed by atoms with Crippen molar-refractivity contribution < 1.29 is 0 Å². The van der Waals surface area contributed by atoms with Crippen LogP contribution >= 0.6 is 0 Å². The average Bonchev–Trinajstić information content (AvgIpc) is 2.49. The van der Waals surface area contributed by atoms with Gasteiger partial charge >= 0.3 is 0 Å². The molecule has 4 saturated heterocycles. The molecule has 134 valence electrons. The zero-order valence-electron chi connectivity index (χ0n) is 15.8. The molecule has 5 aliphatic rings. The Morgan fingerprint density at radius 3 is 2.13 bits per heavy atom. The van der Waals surface area contributed by atoms with E-state index in [4.69, 9.17) is 0 Å². The van der Waals surface area contributed by atoms with Crippen molar-refractivity contribution in [2.75, 3.05) is 39.8 Å². The third-order valence-corrected chi connectivity index (χ3v) is 6.89. The maximum Gasteiger partial charge on any atom is 0.0222 e. The first-order valence-corrected chi connectivity index (χ1v) is 10.3. The number of fused-ring (bicyclic) bond motifs is 3. The highest BCUT2D eigenvalue weighted by Crippen LogP contribution is 2.32. The summed E-state index contributed by atoms with van der Waals surface area (Å²) in [7, 11) is 2.25. The molecule has 2 unspecified atom stereocenters. The summed E-state index contributed by atoms with van der Waals surface area (Å²) in [5, 5.41) is 3.64. The van der Waals surface area contributed by atoms with Gasteiger partial charge in [0.1, 0.15) is 0 Å². The molecule has 4 aliphatic heterocycles. The fourth-order valence-corrected chi connectivity index (χ4v) is 4.71. The van der Waals surface area contributed by atoms with Crippen LogP contribution in [-0.2, 0) is 0 Å². The smallest absolute Gasteiger partial charge is 0.0222 e. The minimum atomic E-state index is 0.802. The lowest BCUT2D eigenvalue weighted by Crippen LogP contribution is -2.61. The molecular weight excluding hydrogens is 282 g/mol. The molecular formula is C20H39N3. The maximum atomic E-state index is 3.64. The Morgan fingerprint density at radius 2 is 1.74 bits per heavy atom. The first-order chi connectivity index (χ1) is 11.1. The Bertz CT molecular complexity index is 337. The third-order valence-electron chi connectivity index (χ3n) is 6.89. The van der Waals surface area contributed by atoms with E-state index in [0.29, 0.717) is 0 Å². The Kier molecular flexibility index (Phi) is 6.39. The molecule has 0 aromatic rings. The van der Waals surface area contributed by atoms with Crippen molar-refractivity contribution in [2.24, 2.45) is 17.8 Å². The zero-order valence-corrected chi connectivity index (χ0v) is 15.8. The molecule has 0 radical (unpaired) electrons. The monoisotopic (exact) mass is 321 g/mol. The van der Waals surface area contributed by atoms with Gasteiger partial charge in [0.2, 0.25) is 0 Å². The standard InChI is InChI=1S/C13H25N3.C7H14/c1-15-6-4-11(5-7-15)9-16-10-12-2-3-13(16)8-14-12;1-6(2)7-4-3-5-7/h11-14H,2-10H2,1H3;6-7H,3-5H2,1-2H3. The van der Waals surface area contributed by atoms with E-state index in [2.05, 4.69) is 36.0 Å². The quantitative estimate of drug-likeness (QED) is 0.861. The summed E-state index contributed by atoms with van der Waals surface area (Å²) in [6.07, 6.45) is 10.2. The maximum absolute atomic E-state index is 3.64. The second-order valence-electron chi connectivity index (χ2n) is 8.97. The van der Waals surface area contributed by atoms with E-state index in [1.165, 1.54) is 77.7 Å². The van der Waals surface area contributed by atoms with Gasteiger partial charge in [-0.1, -0.05) is 33.1 Å². The normalized spacial score (nSPS) is 33.4. The van der Waals surface area contributed by atoms with Crippen LogP contribution in [0.4, 0.5) is 0 Å². The summed E-state index contributed by atoms with van der Waals surface area (Å²) in [4.78, 5) is 5.25. The summed E-state index contributed by atoms with van der Waals surface area (Å²) in [5.74, 6) is 3.00. The fourth-order valence-electron chi connectivity index (χ4n) is 4.71. The molecule has 1 saturated carbocycles. The topological polar surface area (TPSA) is 18.5 Å². The molecule has 3 nitrogen and oxygen atoms in total. The van der Waals surface area contributed by atoms with Crippen molar-refractivity contribution in [2.45, 2.75) is 70.9 Å². The van der Waals surface area contributed by atoms with Gasteiger partial charge in [0.05, 0.1) is 0 Å². The van der Waals surface area contributed by atoms with Crippen LogP contribution < -0.4 is 5.32 Å². The molecule has 1 N–H and O–H groups in total. The molecule has 4 heterocycles. The highest BCUT2D eigenvalue weighted by atomic mass is 15.2. The minimum Gasteiger partial charge on any atom is -0.311 e. The molecule has 3 heteroatoms. The van der Waals surface area contributed by atoms with E-state index in [-0.39, 0.29) is 0 Å². The van der Waals surface area contributed by atoms with Crippen molar-refractivity contribution in [1.29, 1.82) is 0 Å². The zero-order chi connectivity index (χ0) is 16.2. The van der Waals surface area contributed by atoms with Crippen LogP contribution in [0.1, 0.15) is 58.8 Å². The van der Waals surface area contributed by atoms with Gasteiger partial charge in [0.15, 0.2) is 0 Å². The van der Waals surface area contributed by atoms with Crippen LogP contribution in [0, 0.1) is 17.8 Å². The number of nitrogens with one attached hydrogen (secondary N) is 1. The number of likely N-dealkylation sites (tertiary alicyclic amines) is 1. The van der Waals surface area contributed by atoms with E-state index in [1.54, 1.807) is 0 Å². The number of hydrogen-bond acceptors (Lipinski definition) is 3. The molecule has 23 heavy (non-hydrogen) atoms. The largest absolute Gasteiger partial charge is 0.311 e. The second-order valence-corrected chi connectivity index (χ2v) is 8.97. The van der Waals surface area contributed by atoms with Crippen molar-refractivity contribution in [3.8, 4) is 0 Å². The van der Waals surface area contributed by atoms with Gasteiger partial charge in [-0.3, -0.25) is 4.90 Å². The first kappa shape index (κ1) is 17.7. The van der Waals surface area contributed by atoms with Crippen molar-refractivity contribution in [3.63, 3.8) is 0 Å². The van der Waals surface area contributed by atoms with Crippen molar-refractivity contribution >= 4 is 0 Å². The van der Waals surface area contributed by atoms with Crippen LogP contribution in [0.2, 0.25) is 0 Å². The molecule has 0 aromatic heterocycles. The summed E-state index contributed by atoms with van der Waals surface area (Å²) >= 11 is 0. The molecule has 2 atom stereocenters. The fraction of sp³-hybridized carbons (Fsp3) is 1.00. The van der Waals surface area contributed by atoms with Crippen molar-refractivity contribution in [3.05, 3.63) is 0 Å². The van der Waals surface area contributed by atoms with Crippen LogP contribution in [0.3, 0.4) is 0 Å². The molecule has 5 fully saturated rings. The lowest BCUT2D eigenvalue weighted by atomic mass is 9.78. The summed E-state index contributed by atoms with van der Waals surface area (Å²) in [6, 6.07) is 1.65. The Hall–Kier alpha value is -0.120. The summed E-state index contributed by atoms with van der Waals surface area (Å²) in [5.41, 5.74) is 0. The summed E-state index contributed by atoms with van der Waals surface area (Å²) in [6.45, 7) is 11.2. The molecule has 0 spiro atoms. The van der Waals surface area contributed by atoms with E-state index in [1.807, 2.05) is 0 Å². The van der Waals surface area contributed by atoms with Gasteiger partial charge in [-0.25, -0.2) is 0 Å². The number of piperazine rings is 1. The predicted molar refractivity (Wildman–Crippen MR) is 98.8 cm³/mol. The lowest BCUT2D eigenvalue weighted by Gasteiger charge is -2.47. The SMILES string of the molecule is CC(C)C1CCC1.CN1CCC(CN2CC3CCC2CN3)CC1. The highest BCUT2D eigenvalue weighted by molar-refractivity contribution is 4.93. The van der Waals surface area contributed by atoms with E-state index in [9.17, 15) is 0 Å². The summed E-state index contributed by atoms with van der Waals surface area (Å²) < 4.78 is 0. The van der Waals surface area contributed by atoms with Gasteiger partial charge in [0.25, 0.3) is 0 Å². The predicted octanol–water partition coefficient (Wildman–Crippen LogP) is 3.21. The first-order valence-electron chi connectivity index (χ1n) is 10.3. The van der Waals surface area contributed by atoms with Crippen LogP contribution in [0.5, 0.6) is 0 Å². The Morgan fingerprint density at radius 1 is 1.00 bits per heavy atom. The van der Waals surface area contributed by atoms with Crippen LogP contribution in [0.15, 0.2) is 0 Å². The molecule has 0 aromatic carbocycles. The third kappa shape index (κ3) is 4.93. The van der Waals surface area contributed by atoms with Gasteiger partial charge < -0.3 is 10.2 Å². The molecule has 1 aliphatic carbocycles. The molecule has 5 rings (SSSR count). The number of rotatable bonds is 3. The van der Waals surface area contributed by atoms with Crippen LogP contribution in [-0.4, -0.2) is 61.7 Å². The molecule has 0 amide bonds. The molecule has 2 bridgehead atoms. The van der Waals surface area contributed by atoms with Crippen molar-refractivity contribution in [1.82, 2.24) is 15.1 Å². The lowest BCUT2D eigenvalue weighted by molar-refractivity contribution is 0.0492. The van der Waals surface area contributed by atoms with Crippen LogP contribution in [0.25, 0.3) is 0 Å². The van der Waals surface area contributed by atoms with E-state index in [0.717, 1.165) is 29.8 Å². The highest BCUT2D eigenvalue weighted by Gasteiger charge is 2.34. The number of piperidine rings is 3. The number of nitrogens with zero attached hydrogens (tertiary/aromatic N) is 2. The Labute approximate surface area is 144 Å². The number of hydrogen-bond donors (Lipinski definition) is 1. The minimum absolute atomic E-state index is 0.802. The van der Waals surface area contributed by atoms with Gasteiger partial charge in [-0.05, 0) is 63.6 Å². The van der Waals surface area contributed by atoms with Gasteiger partial charge in [0, 0.05) is 31.7 Å². The second kappa shape index (κ2) is 8.31. The Balaban J connectivity index is 0.000000188. The average molecular weight is 322 g/mol. The van der Waals surface area contributed by atoms with Gasteiger partial charge in [-0.2, -0.15) is 0 Å².